The summed E-state index contributed by atoms with van der Waals surface area (Å²) in [7, 11) is 0. The molecule has 0 saturated carbocycles. The molecular formula is C19H22O2S. The average Bonchev–Trinajstić information content (AvgIpc) is 2.80. The first-order chi connectivity index (χ1) is 10.7. The van der Waals surface area contributed by atoms with Crippen LogP contribution >= 0.6 is 11.8 Å². The van der Waals surface area contributed by atoms with Crippen LogP contribution in [0, 0.1) is 0 Å². The quantitative estimate of drug-likeness (QED) is 0.744. The highest BCUT2D eigenvalue weighted by Gasteiger charge is 2.11. The molecule has 0 atom stereocenters. The van der Waals surface area contributed by atoms with Gasteiger partial charge >= 0.3 is 5.97 Å². The van der Waals surface area contributed by atoms with Crippen LogP contribution in [-0.4, -0.2) is 16.8 Å². The van der Waals surface area contributed by atoms with Gasteiger partial charge in [-0.2, -0.15) is 0 Å². The molecule has 22 heavy (non-hydrogen) atoms. The van der Waals surface area contributed by atoms with Crippen LogP contribution in [0.15, 0.2) is 53.0 Å². The molecule has 0 spiro atoms. The van der Waals surface area contributed by atoms with Crippen molar-refractivity contribution in [1.82, 2.24) is 0 Å². The third-order valence-electron chi connectivity index (χ3n) is 3.67. The highest BCUT2D eigenvalue weighted by atomic mass is 32.2. The number of aliphatic carboxylic acids is 1. The Bertz CT molecular complexity index is 612. The van der Waals surface area contributed by atoms with Crippen LogP contribution < -0.4 is 0 Å². The van der Waals surface area contributed by atoms with Gasteiger partial charge in [0.2, 0.25) is 0 Å². The molecule has 0 amide bonds. The number of aryl methyl sites for hydroxylation is 1. The number of carboxylic acid groups (broad SMARTS) is 1. The molecule has 0 saturated heterocycles. The lowest BCUT2D eigenvalue weighted by atomic mass is 10.0. The standard InChI is InChI=1S/C19H22O2S/c1-2-15-9-7-8-10-16(15)13-17(19(20)21)14-22-18-11-5-3-4-6-12-18/h3,5,7-11,13H,2,4,6,12,14H2,1H3,(H,20,21)/b17-13+. The van der Waals surface area contributed by atoms with Crippen molar-refractivity contribution in [2.24, 2.45) is 0 Å². The van der Waals surface area contributed by atoms with E-state index in [2.05, 4.69) is 31.2 Å². The molecule has 0 heterocycles. The highest BCUT2D eigenvalue weighted by molar-refractivity contribution is 8.03. The van der Waals surface area contributed by atoms with Gasteiger partial charge < -0.3 is 5.11 Å². The minimum Gasteiger partial charge on any atom is -0.478 e. The largest absolute Gasteiger partial charge is 0.478 e. The lowest BCUT2D eigenvalue weighted by Gasteiger charge is -2.08. The molecule has 2 rings (SSSR count). The predicted octanol–water partition coefficient (Wildman–Crippen LogP) is 5.07. The Hall–Kier alpha value is -1.74. The van der Waals surface area contributed by atoms with Crippen molar-refractivity contribution in [3.8, 4) is 0 Å². The van der Waals surface area contributed by atoms with E-state index >= 15 is 0 Å². The van der Waals surface area contributed by atoms with Gasteiger partial charge in [0.15, 0.2) is 0 Å². The maximum absolute atomic E-state index is 11.5. The van der Waals surface area contributed by atoms with Crippen LogP contribution in [0.25, 0.3) is 6.08 Å². The van der Waals surface area contributed by atoms with Crippen molar-refractivity contribution in [1.29, 1.82) is 0 Å². The zero-order valence-electron chi connectivity index (χ0n) is 12.9. The van der Waals surface area contributed by atoms with Gasteiger partial charge in [0.05, 0.1) is 0 Å². The van der Waals surface area contributed by atoms with Crippen LogP contribution in [0.5, 0.6) is 0 Å². The minimum atomic E-state index is -0.830. The molecule has 3 heteroatoms. The molecule has 1 N–H and O–H groups in total. The number of rotatable bonds is 6. The van der Waals surface area contributed by atoms with Crippen molar-refractivity contribution in [3.63, 3.8) is 0 Å². The molecule has 0 radical (unpaired) electrons. The van der Waals surface area contributed by atoms with Crippen molar-refractivity contribution in [2.75, 3.05) is 5.75 Å². The number of hydrogen-bond donors (Lipinski definition) is 1. The van der Waals surface area contributed by atoms with Gasteiger partial charge in [0, 0.05) is 11.3 Å². The molecule has 1 aliphatic rings. The smallest absolute Gasteiger partial charge is 0.332 e. The van der Waals surface area contributed by atoms with E-state index in [1.165, 1.54) is 10.5 Å². The van der Waals surface area contributed by atoms with Gasteiger partial charge in [0.25, 0.3) is 0 Å². The first-order valence-corrected chi connectivity index (χ1v) is 8.69. The number of carbonyl (C=O) groups is 1. The minimum absolute atomic E-state index is 0.458. The fraction of sp³-hybridized carbons (Fsp3) is 0.316. The van der Waals surface area contributed by atoms with E-state index in [9.17, 15) is 9.90 Å². The summed E-state index contributed by atoms with van der Waals surface area (Å²) in [5.74, 6) is -0.323. The fourth-order valence-corrected chi connectivity index (χ4v) is 3.40. The first-order valence-electron chi connectivity index (χ1n) is 7.71. The summed E-state index contributed by atoms with van der Waals surface area (Å²) in [6.45, 7) is 2.09. The average molecular weight is 314 g/mol. The topological polar surface area (TPSA) is 37.3 Å². The van der Waals surface area contributed by atoms with E-state index < -0.39 is 5.97 Å². The Morgan fingerprint density at radius 2 is 2.18 bits per heavy atom. The second-order valence-electron chi connectivity index (χ2n) is 5.27. The monoisotopic (exact) mass is 314 g/mol. The molecule has 1 aromatic rings. The summed E-state index contributed by atoms with van der Waals surface area (Å²) in [4.78, 5) is 12.8. The van der Waals surface area contributed by atoms with Gasteiger partial charge in [-0.3, -0.25) is 0 Å². The van der Waals surface area contributed by atoms with E-state index in [1.807, 2.05) is 24.3 Å². The summed E-state index contributed by atoms with van der Waals surface area (Å²) >= 11 is 1.64. The van der Waals surface area contributed by atoms with Crippen molar-refractivity contribution >= 4 is 23.8 Å². The number of benzene rings is 1. The Morgan fingerprint density at radius 3 is 2.95 bits per heavy atom. The summed E-state index contributed by atoms with van der Waals surface area (Å²) in [5, 5.41) is 9.47. The molecule has 0 aromatic heterocycles. The molecule has 116 valence electrons. The fourth-order valence-electron chi connectivity index (χ4n) is 2.39. The summed E-state index contributed by atoms with van der Waals surface area (Å²) in [5.41, 5.74) is 2.65. The number of carboxylic acids is 1. The third kappa shape index (κ3) is 4.92. The van der Waals surface area contributed by atoms with Crippen molar-refractivity contribution in [2.45, 2.75) is 32.6 Å². The van der Waals surface area contributed by atoms with Crippen LogP contribution in [-0.2, 0) is 11.2 Å². The molecular weight excluding hydrogens is 292 g/mol. The van der Waals surface area contributed by atoms with Gasteiger partial charge in [-0.1, -0.05) is 49.4 Å². The van der Waals surface area contributed by atoms with E-state index in [0.29, 0.717) is 11.3 Å². The predicted molar refractivity (Wildman–Crippen MR) is 95.0 cm³/mol. The molecule has 0 unspecified atom stereocenters. The van der Waals surface area contributed by atoms with Crippen LogP contribution in [0.3, 0.4) is 0 Å². The highest BCUT2D eigenvalue weighted by Crippen LogP contribution is 2.27. The Labute approximate surface area is 136 Å². The van der Waals surface area contributed by atoms with Gasteiger partial charge in [-0.15, -0.1) is 11.8 Å². The lowest BCUT2D eigenvalue weighted by Crippen LogP contribution is -2.04. The number of hydrogen-bond acceptors (Lipinski definition) is 2. The van der Waals surface area contributed by atoms with E-state index in [0.717, 1.165) is 31.2 Å². The molecule has 0 aliphatic heterocycles. The van der Waals surface area contributed by atoms with Crippen LogP contribution in [0.1, 0.15) is 37.3 Å². The molecule has 1 aliphatic carbocycles. The van der Waals surface area contributed by atoms with Crippen LogP contribution in [0.2, 0.25) is 0 Å². The number of allylic oxidation sites excluding steroid dienone is 4. The van der Waals surface area contributed by atoms with Gasteiger partial charge in [-0.25, -0.2) is 4.79 Å². The SMILES string of the molecule is CCc1ccccc1/C=C(\CSC1=CC=CCCC1)C(=O)O. The Kier molecular flexibility index (Phi) is 6.53. The normalized spacial score (nSPS) is 15.3. The van der Waals surface area contributed by atoms with E-state index in [-0.39, 0.29) is 0 Å². The maximum atomic E-state index is 11.5. The molecule has 0 bridgehead atoms. The summed E-state index contributed by atoms with van der Waals surface area (Å²) in [6.07, 6.45) is 12.4. The second kappa shape index (κ2) is 8.64. The third-order valence-corrected chi connectivity index (χ3v) is 4.83. The summed E-state index contributed by atoms with van der Waals surface area (Å²) in [6, 6.07) is 7.99. The van der Waals surface area contributed by atoms with Crippen LogP contribution in [0.4, 0.5) is 0 Å². The zero-order chi connectivity index (χ0) is 15.8. The van der Waals surface area contributed by atoms with Gasteiger partial charge in [0.1, 0.15) is 0 Å². The summed E-state index contributed by atoms with van der Waals surface area (Å²) < 4.78 is 0. The zero-order valence-corrected chi connectivity index (χ0v) is 13.7. The van der Waals surface area contributed by atoms with E-state index in [1.54, 1.807) is 11.8 Å². The second-order valence-corrected chi connectivity index (χ2v) is 6.37. The Morgan fingerprint density at radius 1 is 1.36 bits per heavy atom. The molecule has 2 nitrogen and oxygen atoms in total. The molecule has 1 aromatic carbocycles. The Balaban J connectivity index is 2.12. The number of thioether (sulfide) groups is 1. The van der Waals surface area contributed by atoms with E-state index in [4.69, 9.17) is 0 Å². The van der Waals surface area contributed by atoms with Gasteiger partial charge in [-0.05, 0) is 47.8 Å². The molecule has 0 fully saturated rings. The first kappa shape index (κ1) is 16.6. The van der Waals surface area contributed by atoms with Crippen molar-refractivity contribution in [3.05, 3.63) is 64.1 Å². The maximum Gasteiger partial charge on any atom is 0.332 e. The lowest BCUT2D eigenvalue weighted by molar-refractivity contribution is -0.132. The van der Waals surface area contributed by atoms with Crippen molar-refractivity contribution < 1.29 is 9.90 Å².